The zero-order valence-corrected chi connectivity index (χ0v) is 10.1. The standard InChI is InChI=1S/C11H18N4O2/c1-8(2)9(5-7-16)13-11(17)14-10-4-3-6-12-15-10/h3-4,6,8-9,16H,5,7H2,1-2H3,(H2,13,14,15,17). The van der Waals surface area contributed by atoms with Gasteiger partial charge in [-0.25, -0.2) is 4.79 Å². The van der Waals surface area contributed by atoms with Crippen molar-refractivity contribution in [3.05, 3.63) is 18.3 Å². The van der Waals surface area contributed by atoms with Crippen molar-refractivity contribution in [2.45, 2.75) is 26.3 Å². The van der Waals surface area contributed by atoms with Gasteiger partial charge in [0.2, 0.25) is 0 Å². The largest absolute Gasteiger partial charge is 0.396 e. The summed E-state index contributed by atoms with van der Waals surface area (Å²) in [4.78, 5) is 11.6. The highest BCUT2D eigenvalue weighted by Crippen LogP contribution is 2.06. The Hall–Kier alpha value is -1.69. The van der Waals surface area contributed by atoms with Gasteiger partial charge in [-0.2, -0.15) is 5.10 Å². The molecule has 1 unspecified atom stereocenters. The molecule has 0 aliphatic carbocycles. The minimum absolute atomic E-state index is 0.0499. The Morgan fingerprint density at radius 1 is 1.53 bits per heavy atom. The van der Waals surface area contributed by atoms with Crippen LogP contribution in [0.3, 0.4) is 0 Å². The third-order valence-electron chi connectivity index (χ3n) is 2.38. The van der Waals surface area contributed by atoms with Gasteiger partial charge >= 0.3 is 6.03 Å². The number of urea groups is 1. The summed E-state index contributed by atoms with van der Waals surface area (Å²) in [6.07, 6.45) is 2.07. The van der Waals surface area contributed by atoms with E-state index in [2.05, 4.69) is 20.8 Å². The van der Waals surface area contributed by atoms with Crippen LogP contribution in [0.2, 0.25) is 0 Å². The van der Waals surface area contributed by atoms with Crippen LogP contribution in [0, 0.1) is 5.92 Å². The predicted molar refractivity (Wildman–Crippen MR) is 64.5 cm³/mol. The van der Waals surface area contributed by atoms with Gasteiger partial charge in [-0.3, -0.25) is 5.32 Å². The molecule has 0 saturated heterocycles. The van der Waals surface area contributed by atoms with Gasteiger partial charge in [0, 0.05) is 18.8 Å². The molecule has 1 rings (SSSR count). The number of nitrogens with one attached hydrogen (secondary N) is 2. The van der Waals surface area contributed by atoms with E-state index < -0.39 is 0 Å². The molecule has 1 atom stereocenters. The zero-order valence-electron chi connectivity index (χ0n) is 10.1. The Labute approximate surface area is 100 Å². The molecule has 0 saturated carbocycles. The lowest BCUT2D eigenvalue weighted by Gasteiger charge is -2.21. The molecule has 0 aliphatic rings. The summed E-state index contributed by atoms with van der Waals surface area (Å²) in [7, 11) is 0. The Morgan fingerprint density at radius 2 is 2.29 bits per heavy atom. The normalized spacial score (nSPS) is 12.2. The molecule has 94 valence electrons. The molecule has 0 spiro atoms. The van der Waals surface area contributed by atoms with Crippen LogP contribution in [-0.2, 0) is 0 Å². The highest BCUT2D eigenvalue weighted by Gasteiger charge is 2.15. The fraction of sp³-hybridized carbons (Fsp3) is 0.545. The van der Waals surface area contributed by atoms with Gasteiger partial charge in [0.25, 0.3) is 0 Å². The second kappa shape index (κ2) is 6.80. The van der Waals surface area contributed by atoms with Crippen molar-refractivity contribution in [3.8, 4) is 0 Å². The predicted octanol–water partition coefficient (Wildman–Crippen LogP) is 1.01. The van der Waals surface area contributed by atoms with Gasteiger partial charge in [-0.15, -0.1) is 5.10 Å². The molecule has 17 heavy (non-hydrogen) atoms. The number of hydrogen-bond donors (Lipinski definition) is 3. The fourth-order valence-corrected chi connectivity index (χ4v) is 1.40. The Bertz CT molecular complexity index is 343. The molecule has 3 N–H and O–H groups in total. The van der Waals surface area contributed by atoms with Gasteiger partial charge < -0.3 is 10.4 Å². The number of aromatic nitrogens is 2. The molecule has 6 nitrogen and oxygen atoms in total. The Kier molecular flexibility index (Phi) is 5.35. The molecule has 1 aromatic heterocycles. The second-order valence-corrected chi connectivity index (χ2v) is 4.07. The summed E-state index contributed by atoms with van der Waals surface area (Å²) in [5, 5.41) is 21.7. The molecule has 0 radical (unpaired) electrons. The van der Waals surface area contributed by atoms with E-state index in [0.29, 0.717) is 12.2 Å². The van der Waals surface area contributed by atoms with Gasteiger partial charge in [0.15, 0.2) is 5.82 Å². The van der Waals surface area contributed by atoms with Crippen LogP contribution in [0.1, 0.15) is 20.3 Å². The van der Waals surface area contributed by atoms with Gasteiger partial charge in [0.05, 0.1) is 0 Å². The molecule has 1 aromatic rings. The lowest BCUT2D eigenvalue weighted by molar-refractivity contribution is 0.227. The number of nitrogens with zero attached hydrogens (tertiary/aromatic N) is 2. The highest BCUT2D eigenvalue weighted by atomic mass is 16.3. The molecule has 2 amide bonds. The van der Waals surface area contributed by atoms with Crippen LogP contribution < -0.4 is 10.6 Å². The van der Waals surface area contributed by atoms with E-state index in [1.165, 1.54) is 6.20 Å². The Balaban J connectivity index is 2.48. The molecule has 0 aliphatic heterocycles. The first-order valence-electron chi connectivity index (χ1n) is 5.59. The monoisotopic (exact) mass is 238 g/mol. The zero-order chi connectivity index (χ0) is 12.7. The topological polar surface area (TPSA) is 87.1 Å². The van der Waals surface area contributed by atoms with Crippen LogP contribution in [0.15, 0.2) is 18.3 Å². The maximum atomic E-state index is 11.6. The number of anilines is 1. The average molecular weight is 238 g/mol. The molecular weight excluding hydrogens is 220 g/mol. The van der Waals surface area contributed by atoms with Crippen LogP contribution in [0.5, 0.6) is 0 Å². The van der Waals surface area contributed by atoms with Crippen molar-refractivity contribution in [3.63, 3.8) is 0 Å². The van der Waals surface area contributed by atoms with E-state index in [0.717, 1.165) is 0 Å². The van der Waals surface area contributed by atoms with Crippen molar-refractivity contribution in [1.82, 2.24) is 15.5 Å². The van der Waals surface area contributed by atoms with Gasteiger partial charge in [0.1, 0.15) is 0 Å². The van der Waals surface area contributed by atoms with Crippen LogP contribution in [0.25, 0.3) is 0 Å². The third kappa shape index (κ3) is 4.78. The number of hydrogen-bond acceptors (Lipinski definition) is 4. The quantitative estimate of drug-likeness (QED) is 0.714. The molecule has 0 fully saturated rings. The SMILES string of the molecule is CC(C)C(CCO)NC(=O)Nc1cccnn1. The van der Waals surface area contributed by atoms with Crippen LogP contribution in [-0.4, -0.2) is 34.0 Å². The first-order valence-corrected chi connectivity index (χ1v) is 5.59. The van der Waals surface area contributed by atoms with Gasteiger partial charge in [-0.05, 0) is 24.5 Å². The summed E-state index contributed by atoms with van der Waals surface area (Å²) in [5.74, 6) is 0.659. The highest BCUT2D eigenvalue weighted by molar-refractivity contribution is 5.88. The summed E-state index contributed by atoms with van der Waals surface area (Å²) >= 11 is 0. The van der Waals surface area contributed by atoms with E-state index in [1.54, 1.807) is 12.1 Å². The van der Waals surface area contributed by atoms with Crippen molar-refractivity contribution >= 4 is 11.8 Å². The first kappa shape index (κ1) is 13.4. The van der Waals surface area contributed by atoms with E-state index in [9.17, 15) is 4.79 Å². The van der Waals surface area contributed by atoms with E-state index >= 15 is 0 Å². The second-order valence-electron chi connectivity index (χ2n) is 4.07. The number of amides is 2. The van der Waals surface area contributed by atoms with Crippen molar-refractivity contribution in [1.29, 1.82) is 0 Å². The van der Waals surface area contributed by atoms with Crippen molar-refractivity contribution < 1.29 is 9.90 Å². The number of aliphatic hydroxyl groups excluding tert-OH is 1. The van der Waals surface area contributed by atoms with E-state index in [1.807, 2.05) is 13.8 Å². The van der Waals surface area contributed by atoms with Crippen LogP contribution in [0.4, 0.5) is 10.6 Å². The van der Waals surface area contributed by atoms with Crippen molar-refractivity contribution in [2.75, 3.05) is 11.9 Å². The number of carbonyl (C=O) groups is 1. The molecule has 0 aromatic carbocycles. The average Bonchev–Trinajstić information content (AvgIpc) is 2.29. The lowest BCUT2D eigenvalue weighted by atomic mass is 10.0. The summed E-state index contributed by atoms with van der Waals surface area (Å²) < 4.78 is 0. The number of aliphatic hydroxyl groups is 1. The fourth-order valence-electron chi connectivity index (χ4n) is 1.40. The maximum Gasteiger partial charge on any atom is 0.320 e. The number of carbonyl (C=O) groups excluding carboxylic acids is 1. The minimum atomic E-state index is -0.336. The van der Waals surface area contributed by atoms with Crippen molar-refractivity contribution in [2.24, 2.45) is 5.92 Å². The first-order chi connectivity index (χ1) is 8.13. The molecular formula is C11H18N4O2. The minimum Gasteiger partial charge on any atom is -0.396 e. The van der Waals surface area contributed by atoms with Gasteiger partial charge in [-0.1, -0.05) is 13.8 Å². The summed E-state index contributed by atoms with van der Waals surface area (Å²) in [6, 6.07) is 2.95. The third-order valence-corrected chi connectivity index (χ3v) is 2.38. The maximum absolute atomic E-state index is 11.6. The molecule has 1 heterocycles. The lowest BCUT2D eigenvalue weighted by Crippen LogP contribution is -2.41. The van der Waals surface area contributed by atoms with E-state index in [-0.39, 0.29) is 24.6 Å². The molecule has 0 bridgehead atoms. The Morgan fingerprint density at radius 3 is 2.82 bits per heavy atom. The van der Waals surface area contributed by atoms with Crippen LogP contribution >= 0.6 is 0 Å². The summed E-state index contributed by atoms with van der Waals surface area (Å²) in [6.45, 7) is 4.03. The molecule has 6 heteroatoms. The smallest absolute Gasteiger partial charge is 0.320 e. The van der Waals surface area contributed by atoms with E-state index in [4.69, 9.17) is 5.11 Å². The number of rotatable bonds is 5. The summed E-state index contributed by atoms with van der Waals surface area (Å²) in [5.41, 5.74) is 0.